The number of aryl methyl sites for hydroxylation is 1. The number of carbonyl (C=O) groups excluding carboxylic acids is 2. The van der Waals surface area contributed by atoms with E-state index in [9.17, 15) is 9.59 Å². The number of nitrogens with one attached hydrogen (secondary N) is 1. The van der Waals surface area contributed by atoms with Gasteiger partial charge in [-0.25, -0.2) is 4.79 Å². The molecule has 1 N–H and O–H groups in total. The van der Waals surface area contributed by atoms with Crippen molar-refractivity contribution >= 4 is 23.8 Å². The van der Waals surface area contributed by atoms with E-state index >= 15 is 0 Å². The summed E-state index contributed by atoms with van der Waals surface area (Å²) < 4.78 is 11.3. The average Bonchev–Trinajstić information content (AvgIpc) is 2.68. The standard InChI is InChI=1S/C14H21N3O4/c1-14(2,3)21-13(19)16-10-9-15-17(4)11(10)7-6-8-12(18)20-5/h6-7,9H,8H2,1-5H3,(H,16,19)/b7-6+. The van der Waals surface area contributed by atoms with E-state index in [2.05, 4.69) is 15.2 Å². The zero-order chi connectivity index (χ0) is 16.0. The number of hydrogen-bond acceptors (Lipinski definition) is 5. The molecule has 0 aliphatic heterocycles. The van der Waals surface area contributed by atoms with Gasteiger partial charge in [0, 0.05) is 7.05 Å². The fraction of sp³-hybridized carbons (Fsp3) is 0.500. The van der Waals surface area contributed by atoms with E-state index in [0.29, 0.717) is 11.4 Å². The number of methoxy groups -OCH3 is 1. The van der Waals surface area contributed by atoms with Gasteiger partial charge in [0.05, 0.1) is 31.1 Å². The maximum Gasteiger partial charge on any atom is 0.412 e. The minimum atomic E-state index is -0.576. The van der Waals surface area contributed by atoms with Crippen molar-refractivity contribution < 1.29 is 19.1 Å². The molecular weight excluding hydrogens is 274 g/mol. The maximum atomic E-state index is 11.7. The van der Waals surface area contributed by atoms with Crippen LogP contribution < -0.4 is 5.32 Å². The molecular formula is C14H21N3O4. The van der Waals surface area contributed by atoms with E-state index in [4.69, 9.17) is 4.74 Å². The van der Waals surface area contributed by atoms with E-state index in [-0.39, 0.29) is 12.4 Å². The Morgan fingerprint density at radius 1 is 1.43 bits per heavy atom. The van der Waals surface area contributed by atoms with Gasteiger partial charge in [-0.05, 0) is 26.8 Å². The molecule has 0 aromatic carbocycles. The molecule has 0 aliphatic rings. The third kappa shape index (κ3) is 5.68. The molecule has 1 aromatic rings. The van der Waals surface area contributed by atoms with Gasteiger partial charge in [0.2, 0.25) is 0 Å². The molecule has 1 amide bonds. The third-order valence-electron chi connectivity index (χ3n) is 2.41. The number of aromatic nitrogens is 2. The number of hydrogen-bond donors (Lipinski definition) is 1. The molecule has 0 fully saturated rings. The van der Waals surface area contributed by atoms with E-state index in [1.165, 1.54) is 13.3 Å². The molecule has 7 heteroatoms. The number of ether oxygens (including phenoxy) is 2. The zero-order valence-electron chi connectivity index (χ0n) is 13.0. The molecule has 0 saturated carbocycles. The van der Waals surface area contributed by atoms with Crippen molar-refractivity contribution in [1.82, 2.24) is 9.78 Å². The van der Waals surface area contributed by atoms with Crippen LogP contribution >= 0.6 is 0 Å². The van der Waals surface area contributed by atoms with Crippen molar-refractivity contribution in [3.63, 3.8) is 0 Å². The summed E-state index contributed by atoms with van der Waals surface area (Å²) in [7, 11) is 3.06. The Bertz CT molecular complexity index is 541. The first-order chi connectivity index (χ1) is 9.73. The molecule has 1 aromatic heterocycles. The molecule has 0 aliphatic carbocycles. The number of carbonyl (C=O) groups is 2. The van der Waals surface area contributed by atoms with Crippen LogP contribution in [0.2, 0.25) is 0 Å². The normalized spacial score (nSPS) is 11.5. The van der Waals surface area contributed by atoms with Crippen LogP contribution in [0.25, 0.3) is 6.08 Å². The van der Waals surface area contributed by atoms with Crippen LogP contribution in [0.5, 0.6) is 0 Å². The summed E-state index contributed by atoms with van der Waals surface area (Å²) in [5, 5.41) is 6.69. The molecule has 116 valence electrons. The smallest absolute Gasteiger partial charge is 0.412 e. The van der Waals surface area contributed by atoms with Crippen molar-refractivity contribution in [2.45, 2.75) is 32.8 Å². The number of nitrogens with zero attached hydrogens (tertiary/aromatic N) is 2. The van der Waals surface area contributed by atoms with E-state index < -0.39 is 11.7 Å². The lowest BCUT2D eigenvalue weighted by atomic mass is 10.2. The van der Waals surface area contributed by atoms with Gasteiger partial charge in [0.1, 0.15) is 5.60 Å². The van der Waals surface area contributed by atoms with Crippen molar-refractivity contribution in [3.05, 3.63) is 18.0 Å². The highest BCUT2D eigenvalue weighted by Gasteiger charge is 2.18. The van der Waals surface area contributed by atoms with Crippen LogP contribution in [-0.4, -0.2) is 34.6 Å². The fourth-order valence-corrected chi connectivity index (χ4v) is 1.50. The van der Waals surface area contributed by atoms with E-state index in [1.54, 1.807) is 44.7 Å². The molecule has 7 nitrogen and oxygen atoms in total. The predicted molar refractivity (Wildman–Crippen MR) is 78.7 cm³/mol. The lowest BCUT2D eigenvalue weighted by Gasteiger charge is -2.19. The lowest BCUT2D eigenvalue weighted by Crippen LogP contribution is -2.27. The van der Waals surface area contributed by atoms with Gasteiger partial charge < -0.3 is 9.47 Å². The van der Waals surface area contributed by atoms with Crippen LogP contribution in [0.3, 0.4) is 0 Å². The van der Waals surface area contributed by atoms with E-state index in [1.807, 2.05) is 0 Å². The SMILES string of the molecule is COC(=O)C/C=C/c1c(NC(=O)OC(C)(C)C)cnn1C. The third-order valence-corrected chi connectivity index (χ3v) is 2.41. The lowest BCUT2D eigenvalue weighted by molar-refractivity contribution is -0.139. The van der Waals surface area contributed by atoms with Crippen LogP contribution in [-0.2, 0) is 21.3 Å². The van der Waals surface area contributed by atoms with Crippen molar-refractivity contribution in [2.75, 3.05) is 12.4 Å². The maximum absolute atomic E-state index is 11.7. The van der Waals surface area contributed by atoms with Gasteiger partial charge in [-0.2, -0.15) is 5.10 Å². The topological polar surface area (TPSA) is 82.4 Å². The Hall–Kier alpha value is -2.31. The summed E-state index contributed by atoms with van der Waals surface area (Å²) in [6.45, 7) is 5.35. The van der Waals surface area contributed by atoms with Gasteiger partial charge in [-0.1, -0.05) is 6.08 Å². The summed E-state index contributed by atoms with van der Waals surface area (Å²) in [5.74, 6) is -0.338. The second kappa shape index (κ2) is 6.92. The summed E-state index contributed by atoms with van der Waals surface area (Å²) in [5.41, 5.74) is 0.588. The van der Waals surface area contributed by atoms with Crippen LogP contribution in [0, 0.1) is 0 Å². The second-order valence-electron chi connectivity index (χ2n) is 5.38. The van der Waals surface area contributed by atoms with Crippen LogP contribution in [0.4, 0.5) is 10.5 Å². The highest BCUT2D eigenvalue weighted by atomic mass is 16.6. The molecule has 1 rings (SSSR count). The van der Waals surface area contributed by atoms with Crippen LogP contribution in [0.15, 0.2) is 12.3 Å². The fourth-order valence-electron chi connectivity index (χ4n) is 1.50. The Morgan fingerprint density at radius 2 is 2.10 bits per heavy atom. The summed E-state index contributed by atoms with van der Waals surface area (Å²) >= 11 is 0. The first-order valence-corrected chi connectivity index (χ1v) is 6.48. The zero-order valence-corrected chi connectivity index (χ0v) is 13.0. The largest absolute Gasteiger partial charge is 0.469 e. The van der Waals surface area contributed by atoms with Gasteiger partial charge in [0.15, 0.2) is 0 Å². The molecule has 0 spiro atoms. The highest BCUT2D eigenvalue weighted by Crippen LogP contribution is 2.18. The molecule has 1 heterocycles. The number of amides is 1. The summed E-state index contributed by atoms with van der Waals surface area (Å²) in [6.07, 6.45) is 4.44. The monoisotopic (exact) mass is 295 g/mol. The first-order valence-electron chi connectivity index (χ1n) is 6.48. The van der Waals surface area contributed by atoms with Gasteiger partial charge in [-0.15, -0.1) is 0 Å². The number of esters is 1. The summed E-state index contributed by atoms with van der Waals surface area (Å²) in [6, 6.07) is 0. The number of rotatable bonds is 4. The van der Waals surface area contributed by atoms with Crippen molar-refractivity contribution in [2.24, 2.45) is 7.05 Å². The van der Waals surface area contributed by atoms with Gasteiger partial charge in [-0.3, -0.25) is 14.8 Å². The minimum Gasteiger partial charge on any atom is -0.469 e. The number of anilines is 1. The minimum absolute atomic E-state index is 0.146. The van der Waals surface area contributed by atoms with Gasteiger partial charge >= 0.3 is 12.1 Å². The molecule has 0 atom stereocenters. The van der Waals surface area contributed by atoms with Gasteiger partial charge in [0.25, 0.3) is 0 Å². The molecule has 0 saturated heterocycles. The summed E-state index contributed by atoms with van der Waals surface area (Å²) in [4.78, 5) is 22.8. The Labute approximate surface area is 123 Å². The average molecular weight is 295 g/mol. The van der Waals surface area contributed by atoms with Crippen molar-refractivity contribution in [3.8, 4) is 0 Å². The van der Waals surface area contributed by atoms with Crippen molar-refractivity contribution in [1.29, 1.82) is 0 Å². The highest BCUT2D eigenvalue weighted by molar-refractivity contribution is 5.87. The molecule has 21 heavy (non-hydrogen) atoms. The Kier molecular flexibility index (Phi) is 5.52. The quantitative estimate of drug-likeness (QED) is 0.862. The predicted octanol–water partition coefficient (Wildman–Crippen LogP) is 2.34. The Balaban J connectivity index is 2.77. The first kappa shape index (κ1) is 16.7. The molecule has 0 bridgehead atoms. The second-order valence-corrected chi connectivity index (χ2v) is 5.38. The van der Waals surface area contributed by atoms with Crippen LogP contribution in [0.1, 0.15) is 32.9 Å². The van der Waals surface area contributed by atoms with E-state index in [0.717, 1.165) is 0 Å². The Morgan fingerprint density at radius 3 is 2.67 bits per heavy atom. The molecule has 0 radical (unpaired) electrons. The molecule has 0 unspecified atom stereocenters.